The van der Waals surface area contributed by atoms with Crippen LogP contribution < -0.4 is 16.2 Å². The van der Waals surface area contributed by atoms with Gasteiger partial charge in [0.25, 0.3) is 5.56 Å². The Balaban J connectivity index is 0.000000202. The second-order valence-corrected chi connectivity index (χ2v) is 9.71. The van der Waals surface area contributed by atoms with Gasteiger partial charge in [-0.05, 0) is 80.5 Å². The van der Waals surface area contributed by atoms with E-state index < -0.39 is 0 Å². The van der Waals surface area contributed by atoms with Crippen molar-refractivity contribution < 1.29 is 0 Å². The average Bonchev–Trinajstić information content (AvgIpc) is 3.71. The average molecular weight is 482 g/mol. The molecule has 0 amide bonds. The summed E-state index contributed by atoms with van der Waals surface area (Å²) in [6, 6.07) is 16.5. The van der Waals surface area contributed by atoms with Crippen LogP contribution in [0.3, 0.4) is 0 Å². The number of benzene rings is 2. The molecule has 0 saturated heterocycles. The van der Waals surface area contributed by atoms with Crippen LogP contribution in [-0.4, -0.2) is 25.9 Å². The maximum Gasteiger partial charge on any atom is 0.278 e. The lowest BCUT2D eigenvalue weighted by molar-refractivity contribution is 0.445. The lowest BCUT2D eigenvalue weighted by atomic mass is 10.0. The Morgan fingerprint density at radius 1 is 1.17 bits per heavy atom. The van der Waals surface area contributed by atoms with E-state index in [1.807, 2.05) is 45.2 Å². The molecule has 4 aromatic rings. The van der Waals surface area contributed by atoms with Crippen LogP contribution in [-0.2, 0) is 20.0 Å². The minimum Gasteiger partial charge on any atom is -0.324 e. The molecule has 0 spiro atoms. The first-order chi connectivity index (χ1) is 17.5. The standard InChI is InChI=1S/C18H22N6O.C10H9N/c1-11(2)24-17(25)15-10-20-18(22-16(15)23(24)3)21-14-5-4-13-9-19-7-6-12(13)8-14;11-7-9-3-1-2-4-10(9)8-5-6-8/h4-5,8,10-11,19H,6-7,9H2,1-3H3,(H,20,21,22);1-4,8H,5-6H2. The van der Waals surface area contributed by atoms with E-state index >= 15 is 0 Å². The molecule has 1 aliphatic carbocycles. The van der Waals surface area contributed by atoms with Crippen molar-refractivity contribution in [1.82, 2.24) is 24.6 Å². The molecule has 184 valence electrons. The summed E-state index contributed by atoms with van der Waals surface area (Å²) in [5.41, 5.74) is 6.34. The van der Waals surface area contributed by atoms with Crippen LogP contribution in [0.1, 0.15) is 60.9 Å². The van der Waals surface area contributed by atoms with E-state index in [2.05, 4.69) is 44.9 Å². The largest absolute Gasteiger partial charge is 0.324 e. The van der Waals surface area contributed by atoms with E-state index in [1.165, 1.54) is 29.5 Å². The predicted molar refractivity (Wildman–Crippen MR) is 141 cm³/mol. The molecule has 0 unspecified atom stereocenters. The number of nitriles is 1. The lowest BCUT2D eigenvalue weighted by Gasteiger charge is -2.18. The molecule has 2 aliphatic rings. The SMILES string of the molecule is CC(C)n1c(=O)c2cnc(Nc3ccc4c(c3)CCNC4)nc2n1C.N#Cc1ccccc1C1CC1. The highest BCUT2D eigenvalue weighted by Gasteiger charge is 2.25. The number of aromatic nitrogens is 4. The fraction of sp³-hybridized carbons (Fsp3) is 0.357. The van der Waals surface area contributed by atoms with Gasteiger partial charge < -0.3 is 10.6 Å². The summed E-state index contributed by atoms with van der Waals surface area (Å²) >= 11 is 0. The van der Waals surface area contributed by atoms with Crippen LogP contribution in [0, 0.1) is 11.3 Å². The Hall–Kier alpha value is -3.96. The summed E-state index contributed by atoms with van der Waals surface area (Å²) < 4.78 is 3.49. The molecule has 0 radical (unpaired) electrons. The molecule has 1 saturated carbocycles. The van der Waals surface area contributed by atoms with Gasteiger partial charge in [-0.2, -0.15) is 10.2 Å². The molecule has 2 aromatic carbocycles. The first-order valence-corrected chi connectivity index (χ1v) is 12.5. The van der Waals surface area contributed by atoms with Gasteiger partial charge in [0.05, 0.1) is 11.6 Å². The quantitative estimate of drug-likeness (QED) is 0.444. The first kappa shape index (κ1) is 23.8. The number of anilines is 2. The van der Waals surface area contributed by atoms with Gasteiger partial charge in [0.15, 0.2) is 5.65 Å². The van der Waals surface area contributed by atoms with E-state index in [1.54, 1.807) is 15.6 Å². The molecule has 0 bridgehead atoms. The molecule has 6 rings (SSSR count). The third-order valence-electron chi connectivity index (χ3n) is 6.77. The van der Waals surface area contributed by atoms with E-state index in [4.69, 9.17) is 5.26 Å². The van der Waals surface area contributed by atoms with Crippen LogP contribution in [0.25, 0.3) is 11.0 Å². The Kier molecular flexibility index (Phi) is 6.57. The maximum atomic E-state index is 12.5. The van der Waals surface area contributed by atoms with Gasteiger partial charge in [0.1, 0.15) is 5.39 Å². The molecule has 8 nitrogen and oxygen atoms in total. The van der Waals surface area contributed by atoms with E-state index in [-0.39, 0.29) is 11.6 Å². The molecule has 1 aliphatic heterocycles. The fourth-order valence-electron chi connectivity index (χ4n) is 4.81. The number of hydrogen-bond donors (Lipinski definition) is 2. The van der Waals surface area contributed by atoms with Crippen LogP contribution in [0.4, 0.5) is 11.6 Å². The van der Waals surface area contributed by atoms with Gasteiger partial charge in [-0.25, -0.2) is 9.67 Å². The van der Waals surface area contributed by atoms with Gasteiger partial charge in [-0.15, -0.1) is 0 Å². The topological polar surface area (TPSA) is 101 Å². The summed E-state index contributed by atoms with van der Waals surface area (Å²) in [4.78, 5) is 21.3. The second-order valence-electron chi connectivity index (χ2n) is 9.71. The van der Waals surface area contributed by atoms with Gasteiger partial charge in [0, 0.05) is 31.5 Å². The summed E-state index contributed by atoms with van der Waals surface area (Å²) in [7, 11) is 1.85. The van der Waals surface area contributed by atoms with Crippen LogP contribution >= 0.6 is 0 Å². The maximum absolute atomic E-state index is 12.5. The number of rotatable bonds is 4. The number of aryl methyl sites for hydroxylation is 1. The van der Waals surface area contributed by atoms with E-state index in [0.29, 0.717) is 22.9 Å². The Morgan fingerprint density at radius 3 is 2.72 bits per heavy atom. The van der Waals surface area contributed by atoms with Crippen molar-refractivity contribution in [2.24, 2.45) is 7.05 Å². The smallest absolute Gasteiger partial charge is 0.278 e. The second kappa shape index (κ2) is 9.96. The van der Waals surface area contributed by atoms with Crippen molar-refractivity contribution in [2.45, 2.75) is 51.6 Å². The molecule has 0 atom stereocenters. The van der Waals surface area contributed by atoms with Crippen LogP contribution in [0.15, 0.2) is 53.5 Å². The molecule has 2 aromatic heterocycles. The van der Waals surface area contributed by atoms with Crippen molar-refractivity contribution in [2.75, 3.05) is 11.9 Å². The van der Waals surface area contributed by atoms with Crippen molar-refractivity contribution in [3.8, 4) is 6.07 Å². The Morgan fingerprint density at radius 2 is 1.97 bits per heavy atom. The van der Waals surface area contributed by atoms with Crippen LogP contribution in [0.5, 0.6) is 0 Å². The molecule has 3 heterocycles. The normalized spacial score (nSPS) is 14.6. The van der Waals surface area contributed by atoms with Gasteiger partial charge in [-0.3, -0.25) is 9.48 Å². The van der Waals surface area contributed by atoms with Crippen molar-refractivity contribution >= 4 is 22.7 Å². The van der Waals surface area contributed by atoms with Crippen molar-refractivity contribution in [1.29, 1.82) is 5.26 Å². The molecular formula is C28H31N7O. The van der Waals surface area contributed by atoms with Gasteiger partial charge >= 0.3 is 0 Å². The highest BCUT2D eigenvalue weighted by atomic mass is 16.1. The Bertz CT molecular complexity index is 1500. The molecule has 36 heavy (non-hydrogen) atoms. The summed E-state index contributed by atoms with van der Waals surface area (Å²) in [5, 5.41) is 15.9. The minimum absolute atomic E-state index is 0.0552. The highest BCUT2D eigenvalue weighted by Crippen LogP contribution is 2.41. The third kappa shape index (κ3) is 4.75. The van der Waals surface area contributed by atoms with Crippen LogP contribution in [0.2, 0.25) is 0 Å². The monoisotopic (exact) mass is 481 g/mol. The number of nitrogens with zero attached hydrogens (tertiary/aromatic N) is 5. The lowest BCUT2D eigenvalue weighted by Crippen LogP contribution is -2.23. The first-order valence-electron chi connectivity index (χ1n) is 12.5. The van der Waals surface area contributed by atoms with E-state index in [0.717, 1.165) is 30.8 Å². The number of hydrogen-bond acceptors (Lipinski definition) is 6. The number of nitrogens with one attached hydrogen (secondary N) is 2. The predicted octanol–water partition coefficient (Wildman–Crippen LogP) is 4.54. The zero-order valence-electron chi connectivity index (χ0n) is 21.0. The molecular weight excluding hydrogens is 450 g/mol. The summed E-state index contributed by atoms with van der Waals surface area (Å²) in [6.45, 7) is 5.89. The highest BCUT2D eigenvalue weighted by molar-refractivity contribution is 5.75. The molecule has 2 N–H and O–H groups in total. The van der Waals surface area contributed by atoms with Gasteiger partial charge in [0.2, 0.25) is 5.95 Å². The summed E-state index contributed by atoms with van der Waals surface area (Å²) in [5.74, 6) is 1.18. The Labute approximate surface area is 210 Å². The van der Waals surface area contributed by atoms with Crippen molar-refractivity contribution in [3.63, 3.8) is 0 Å². The number of fused-ring (bicyclic) bond motifs is 2. The third-order valence-corrected chi connectivity index (χ3v) is 6.77. The summed E-state index contributed by atoms with van der Waals surface area (Å²) in [6.07, 6.45) is 5.15. The zero-order valence-corrected chi connectivity index (χ0v) is 21.0. The zero-order chi connectivity index (χ0) is 25.2. The van der Waals surface area contributed by atoms with E-state index in [9.17, 15) is 4.79 Å². The molecule has 1 fully saturated rings. The van der Waals surface area contributed by atoms with Gasteiger partial charge in [-0.1, -0.05) is 24.3 Å². The van der Waals surface area contributed by atoms with Crippen molar-refractivity contribution in [3.05, 3.63) is 81.3 Å². The fourth-order valence-corrected chi connectivity index (χ4v) is 4.81. The minimum atomic E-state index is -0.0552. The molecule has 8 heteroatoms.